The molecule has 3 heterocycles. The molecule has 1 spiro atoms. The summed E-state index contributed by atoms with van der Waals surface area (Å²) in [5.41, 5.74) is -0.777. The summed E-state index contributed by atoms with van der Waals surface area (Å²) in [6, 6.07) is 2.16. The van der Waals surface area contributed by atoms with Gasteiger partial charge < -0.3 is 19.5 Å². The molecule has 8 nitrogen and oxygen atoms in total. The predicted octanol–water partition coefficient (Wildman–Crippen LogP) is 2.31. The second kappa shape index (κ2) is 10.2. The Morgan fingerprint density at radius 1 is 1.25 bits per heavy atom. The highest BCUT2D eigenvalue weighted by atomic mass is 19.1. The lowest BCUT2D eigenvalue weighted by atomic mass is 9.76. The standard InChI is InChI=1S/C21H26F2N2O4.CH2O2/c1-28-18-16(22)5-4-15(17(18)23)19(26)25-10-6-21(7-11-25)12-14(29-20(21)27)13-24-8-2-3-9-24;2-1-3/h4-5,14H,2-3,6-13H2,1H3;1H,(H,2,3). The Hall–Kier alpha value is -2.75. The van der Waals surface area contributed by atoms with E-state index < -0.39 is 28.7 Å². The topological polar surface area (TPSA) is 96.4 Å². The van der Waals surface area contributed by atoms with E-state index in [0.29, 0.717) is 32.4 Å². The van der Waals surface area contributed by atoms with Crippen molar-refractivity contribution in [3.63, 3.8) is 0 Å². The van der Waals surface area contributed by atoms with Crippen LogP contribution in [0.2, 0.25) is 0 Å². The summed E-state index contributed by atoms with van der Waals surface area (Å²) in [6.07, 6.45) is 3.94. The third kappa shape index (κ3) is 4.85. The Morgan fingerprint density at radius 2 is 1.88 bits per heavy atom. The highest BCUT2D eigenvalue weighted by molar-refractivity contribution is 5.95. The van der Waals surface area contributed by atoms with Crippen LogP contribution in [0.15, 0.2) is 12.1 Å². The molecule has 10 heteroatoms. The maximum atomic E-state index is 14.4. The van der Waals surface area contributed by atoms with Crippen LogP contribution in [0.4, 0.5) is 8.78 Å². The fraction of sp³-hybridized carbons (Fsp3) is 0.591. The average molecular weight is 454 g/mol. The van der Waals surface area contributed by atoms with Crippen molar-refractivity contribution in [1.82, 2.24) is 9.80 Å². The van der Waals surface area contributed by atoms with Crippen LogP contribution in [0, 0.1) is 17.0 Å². The van der Waals surface area contributed by atoms with Crippen LogP contribution in [0.5, 0.6) is 5.75 Å². The summed E-state index contributed by atoms with van der Waals surface area (Å²) in [4.78, 5) is 37.6. The van der Waals surface area contributed by atoms with Crippen molar-refractivity contribution in [3.8, 4) is 5.75 Å². The second-order valence-electron chi connectivity index (χ2n) is 8.36. The van der Waals surface area contributed by atoms with Crippen molar-refractivity contribution in [2.75, 3.05) is 39.8 Å². The Morgan fingerprint density at radius 3 is 2.47 bits per heavy atom. The molecule has 3 aliphatic heterocycles. The number of amides is 1. The van der Waals surface area contributed by atoms with Crippen molar-refractivity contribution in [1.29, 1.82) is 0 Å². The normalized spacial score (nSPS) is 22.3. The molecular weight excluding hydrogens is 426 g/mol. The lowest BCUT2D eigenvalue weighted by Crippen LogP contribution is -2.45. The van der Waals surface area contributed by atoms with Gasteiger partial charge in [0, 0.05) is 26.1 Å². The van der Waals surface area contributed by atoms with E-state index in [2.05, 4.69) is 4.90 Å². The molecule has 0 aliphatic carbocycles. The van der Waals surface area contributed by atoms with E-state index in [0.717, 1.165) is 38.9 Å². The van der Waals surface area contributed by atoms with Gasteiger partial charge in [0.05, 0.1) is 18.1 Å². The number of cyclic esters (lactones) is 1. The Kier molecular flexibility index (Phi) is 7.65. The summed E-state index contributed by atoms with van der Waals surface area (Å²) in [6.45, 7) is 3.30. The zero-order valence-corrected chi connectivity index (χ0v) is 18.0. The fourth-order valence-corrected chi connectivity index (χ4v) is 4.79. The van der Waals surface area contributed by atoms with E-state index in [4.69, 9.17) is 19.4 Å². The van der Waals surface area contributed by atoms with Crippen LogP contribution in [-0.4, -0.2) is 79.2 Å². The minimum absolute atomic E-state index is 0.0957. The van der Waals surface area contributed by atoms with Gasteiger partial charge in [-0.2, -0.15) is 0 Å². The molecule has 1 N–H and O–H groups in total. The third-order valence-corrected chi connectivity index (χ3v) is 6.48. The molecular formula is C22H28F2N2O6. The van der Waals surface area contributed by atoms with E-state index in [1.54, 1.807) is 0 Å². The lowest BCUT2D eigenvalue weighted by molar-refractivity contribution is -0.151. The monoisotopic (exact) mass is 454 g/mol. The van der Waals surface area contributed by atoms with E-state index in [1.807, 2.05) is 0 Å². The molecule has 176 valence electrons. The van der Waals surface area contributed by atoms with Gasteiger partial charge in [-0.15, -0.1) is 0 Å². The number of rotatable bonds is 4. The second-order valence-corrected chi connectivity index (χ2v) is 8.36. The highest BCUT2D eigenvalue weighted by Gasteiger charge is 2.51. The predicted molar refractivity (Wildman–Crippen MR) is 109 cm³/mol. The SMILES string of the molecule is COc1c(F)ccc(C(=O)N2CCC3(CC2)CC(CN2CCCC2)OC3=O)c1F.O=CO. The first kappa shape index (κ1) is 23.9. The smallest absolute Gasteiger partial charge is 0.312 e. The zero-order valence-electron chi connectivity index (χ0n) is 18.0. The summed E-state index contributed by atoms with van der Waals surface area (Å²) in [5.74, 6) is -3.10. The fourth-order valence-electron chi connectivity index (χ4n) is 4.79. The summed E-state index contributed by atoms with van der Waals surface area (Å²) in [5, 5.41) is 6.89. The van der Waals surface area contributed by atoms with E-state index in [9.17, 15) is 18.4 Å². The maximum Gasteiger partial charge on any atom is 0.312 e. The number of likely N-dealkylation sites (tertiary alicyclic amines) is 2. The van der Waals surface area contributed by atoms with Gasteiger partial charge in [-0.25, -0.2) is 8.78 Å². The molecule has 0 radical (unpaired) electrons. The number of halogens is 2. The van der Waals surface area contributed by atoms with Gasteiger partial charge in [-0.3, -0.25) is 19.3 Å². The average Bonchev–Trinajstić information content (AvgIpc) is 3.37. The first-order chi connectivity index (χ1) is 15.3. The summed E-state index contributed by atoms with van der Waals surface area (Å²) in [7, 11) is 1.16. The first-order valence-corrected chi connectivity index (χ1v) is 10.7. The Balaban J connectivity index is 0.000000913. The third-order valence-electron chi connectivity index (χ3n) is 6.48. The molecule has 3 saturated heterocycles. The number of esters is 1. The molecule has 1 unspecified atom stereocenters. The number of benzene rings is 1. The largest absolute Gasteiger partial charge is 0.491 e. The molecule has 0 saturated carbocycles. The van der Waals surface area contributed by atoms with E-state index in [1.165, 1.54) is 17.7 Å². The molecule has 4 rings (SSSR count). The van der Waals surface area contributed by atoms with Gasteiger partial charge >= 0.3 is 5.97 Å². The number of ether oxygens (including phenoxy) is 2. The maximum absolute atomic E-state index is 14.4. The van der Waals surface area contributed by atoms with Gasteiger partial charge in [-0.1, -0.05) is 0 Å². The van der Waals surface area contributed by atoms with Crippen molar-refractivity contribution in [3.05, 3.63) is 29.3 Å². The van der Waals surface area contributed by atoms with E-state index >= 15 is 0 Å². The highest BCUT2D eigenvalue weighted by Crippen LogP contribution is 2.43. The van der Waals surface area contributed by atoms with Crippen molar-refractivity contribution >= 4 is 18.3 Å². The number of carbonyl (C=O) groups is 3. The van der Waals surface area contributed by atoms with Crippen molar-refractivity contribution in [2.24, 2.45) is 5.41 Å². The lowest BCUT2D eigenvalue weighted by Gasteiger charge is -2.36. The molecule has 1 aromatic carbocycles. The molecule has 3 aliphatic rings. The van der Waals surface area contributed by atoms with Crippen LogP contribution in [-0.2, 0) is 14.3 Å². The molecule has 1 aromatic rings. The van der Waals surface area contributed by atoms with Gasteiger partial charge in [0.25, 0.3) is 12.4 Å². The van der Waals surface area contributed by atoms with Gasteiger partial charge in [0.15, 0.2) is 17.4 Å². The number of nitrogens with zero attached hydrogens (tertiary/aromatic N) is 2. The molecule has 3 fully saturated rings. The number of hydrogen-bond donors (Lipinski definition) is 1. The van der Waals surface area contributed by atoms with Crippen LogP contribution in [0.1, 0.15) is 42.5 Å². The van der Waals surface area contributed by atoms with Gasteiger partial charge in [-0.05, 0) is 50.9 Å². The van der Waals surface area contributed by atoms with Crippen molar-refractivity contribution < 1.29 is 37.7 Å². The Bertz CT molecular complexity index is 851. The Labute approximate surface area is 185 Å². The van der Waals surface area contributed by atoms with Crippen LogP contribution < -0.4 is 4.74 Å². The van der Waals surface area contributed by atoms with E-state index in [-0.39, 0.29) is 24.1 Å². The quantitative estimate of drug-likeness (QED) is 0.551. The summed E-state index contributed by atoms with van der Waals surface area (Å²) >= 11 is 0. The zero-order chi connectivity index (χ0) is 23.3. The number of hydrogen-bond acceptors (Lipinski definition) is 6. The minimum Gasteiger partial charge on any atom is -0.491 e. The van der Waals surface area contributed by atoms with Gasteiger partial charge in [0.2, 0.25) is 0 Å². The molecule has 32 heavy (non-hydrogen) atoms. The molecule has 1 atom stereocenters. The minimum atomic E-state index is -0.997. The number of methoxy groups -OCH3 is 1. The van der Waals surface area contributed by atoms with Crippen LogP contribution >= 0.6 is 0 Å². The first-order valence-electron chi connectivity index (χ1n) is 10.7. The molecule has 0 bridgehead atoms. The van der Waals surface area contributed by atoms with Crippen LogP contribution in [0.3, 0.4) is 0 Å². The van der Waals surface area contributed by atoms with Crippen LogP contribution in [0.25, 0.3) is 0 Å². The summed E-state index contributed by atoms with van der Waals surface area (Å²) < 4.78 is 38.4. The number of piperidine rings is 1. The number of carbonyl (C=O) groups excluding carboxylic acids is 2. The number of carboxylic acid groups (broad SMARTS) is 1. The van der Waals surface area contributed by atoms with Crippen molar-refractivity contribution in [2.45, 2.75) is 38.2 Å². The van der Waals surface area contributed by atoms with Gasteiger partial charge in [0.1, 0.15) is 6.10 Å². The molecule has 0 aromatic heterocycles. The molecule has 1 amide bonds.